The summed E-state index contributed by atoms with van der Waals surface area (Å²) in [6.45, 7) is 1.42. The number of likely N-dealkylation sites (tertiary alicyclic amines) is 1. The molecule has 0 radical (unpaired) electrons. The van der Waals surface area contributed by atoms with Gasteiger partial charge in [0.2, 0.25) is 5.95 Å². The summed E-state index contributed by atoms with van der Waals surface area (Å²) in [5.74, 6) is -4.17. The minimum Gasteiger partial charge on any atom is -0.368 e. The van der Waals surface area contributed by atoms with E-state index in [2.05, 4.69) is 20.1 Å². The Labute approximate surface area is 212 Å². The summed E-state index contributed by atoms with van der Waals surface area (Å²) < 4.78 is 69.0. The zero-order chi connectivity index (χ0) is 27.4. The number of alkyl halides is 3. The maximum Gasteiger partial charge on any atom is 0.397 e. The van der Waals surface area contributed by atoms with Crippen molar-refractivity contribution >= 4 is 28.4 Å². The summed E-state index contributed by atoms with van der Waals surface area (Å²) in [5, 5.41) is 4.50. The molecule has 0 spiro atoms. The number of nitrogens with zero attached hydrogens (tertiary/aromatic N) is 6. The number of halogens is 5. The Hall–Kier alpha value is -3.94. The summed E-state index contributed by atoms with van der Waals surface area (Å²) in [7, 11) is 0. The highest BCUT2D eigenvalue weighted by Crippen LogP contribution is 2.34. The number of nitrogen functional groups attached to an aromatic ring is 1. The Morgan fingerprint density at radius 1 is 1.18 bits per heavy atom. The number of benzene rings is 1. The summed E-state index contributed by atoms with van der Waals surface area (Å²) in [6, 6.07) is 4.09. The van der Waals surface area contributed by atoms with Crippen LogP contribution >= 0.6 is 0 Å². The van der Waals surface area contributed by atoms with E-state index in [1.54, 1.807) is 4.90 Å². The summed E-state index contributed by atoms with van der Waals surface area (Å²) >= 11 is 0. The van der Waals surface area contributed by atoms with Gasteiger partial charge in [-0.1, -0.05) is 6.07 Å². The van der Waals surface area contributed by atoms with Crippen molar-refractivity contribution in [1.82, 2.24) is 29.5 Å². The third kappa shape index (κ3) is 4.48. The standard InChI is InChI=1S/C24H23F5N8O/c1-11-2-3-13(10-36(11)22(38)18-5-4-12(9-32-18)16(8-30)24(27,28)29)20-34-21-15-6-14(25)7-17(26)19(15)33-23(31)37(21)35-20/h4-7,9,11,13,16H,2-3,8,10,30H2,1H3,(H2,31,33)/t11-,13+,16-/m0/s1. The second-order valence-corrected chi connectivity index (χ2v) is 9.35. The van der Waals surface area contributed by atoms with Gasteiger partial charge in [-0.3, -0.25) is 9.78 Å². The van der Waals surface area contributed by atoms with Crippen molar-refractivity contribution in [3.05, 3.63) is 59.2 Å². The molecule has 9 nitrogen and oxygen atoms in total. The number of amides is 1. The molecule has 4 N–H and O–H groups in total. The number of hydrogen-bond donors (Lipinski definition) is 2. The lowest BCUT2D eigenvalue weighted by molar-refractivity contribution is -0.148. The molecule has 14 heteroatoms. The molecule has 1 aliphatic rings. The lowest BCUT2D eigenvalue weighted by Gasteiger charge is -2.37. The first-order chi connectivity index (χ1) is 18.0. The maximum absolute atomic E-state index is 14.3. The fourth-order valence-electron chi connectivity index (χ4n) is 4.79. The third-order valence-corrected chi connectivity index (χ3v) is 6.88. The molecule has 1 saturated heterocycles. The lowest BCUT2D eigenvalue weighted by Crippen LogP contribution is -2.45. The van der Waals surface area contributed by atoms with Gasteiger partial charge in [-0.25, -0.2) is 18.7 Å². The molecule has 5 rings (SSSR count). The lowest BCUT2D eigenvalue weighted by atomic mass is 9.92. The summed E-state index contributed by atoms with van der Waals surface area (Å²) in [5.41, 5.74) is 11.1. The highest BCUT2D eigenvalue weighted by molar-refractivity contribution is 5.93. The van der Waals surface area contributed by atoms with Gasteiger partial charge in [0.15, 0.2) is 17.3 Å². The molecule has 3 atom stereocenters. The SMILES string of the molecule is C[C@H]1CC[C@@H](c2nc3c4cc(F)cc(F)c4nc(N)n3n2)CN1C(=O)c1ccc([C@H](CN)C(F)(F)F)cn1. The predicted molar refractivity (Wildman–Crippen MR) is 127 cm³/mol. The fourth-order valence-corrected chi connectivity index (χ4v) is 4.79. The number of rotatable bonds is 4. The van der Waals surface area contributed by atoms with Gasteiger partial charge in [0.25, 0.3) is 5.91 Å². The normalized spacial score (nSPS) is 19.3. The maximum atomic E-state index is 14.3. The van der Waals surface area contributed by atoms with Crippen LogP contribution in [0.3, 0.4) is 0 Å². The Morgan fingerprint density at radius 2 is 1.95 bits per heavy atom. The van der Waals surface area contributed by atoms with Gasteiger partial charge in [0, 0.05) is 37.3 Å². The quantitative estimate of drug-likeness (QED) is 0.383. The van der Waals surface area contributed by atoms with E-state index in [1.165, 1.54) is 16.6 Å². The number of pyridine rings is 1. The highest BCUT2D eigenvalue weighted by atomic mass is 19.4. The molecule has 3 aromatic heterocycles. The Kier molecular flexibility index (Phi) is 6.37. The Balaban J connectivity index is 1.43. The molecule has 1 aromatic carbocycles. The molecule has 1 amide bonds. The van der Waals surface area contributed by atoms with Gasteiger partial charge < -0.3 is 16.4 Å². The van der Waals surface area contributed by atoms with E-state index in [1.807, 2.05) is 6.92 Å². The molecule has 1 aliphatic heterocycles. The van der Waals surface area contributed by atoms with Crippen LogP contribution in [0.2, 0.25) is 0 Å². The second-order valence-electron chi connectivity index (χ2n) is 9.35. The van der Waals surface area contributed by atoms with Gasteiger partial charge in [-0.15, -0.1) is 5.10 Å². The van der Waals surface area contributed by atoms with Crippen LogP contribution < -0.4 is 11.5 Å². The number of piperidine rings is 1. The largest absolute Gasteiger partial charge is 0.397 e. The van der Waals surface area contributed by atoms with Crippen LogP contribution in [0.1, 0.15) is 53.5 Å². The van der Waals surface area contributed by atoms with Gasteiger partial charge in [-0.2, -0.15) is 17.7 Å². The summed E-state index contributed by atoms with van der Waals surface area (Å²) in [6.07, 6.45) is -2.30. The average Bonchev–Trinajstić information content (AvgIpc) is 3.31. The van der Waals surface area contributed by atoms with Crippen molar-refractivity contribution < 1.29 is 26.7 Å². The van der Waals surface area contributed by atoms with Crippen molar-refractivity contribution in [2.45, 2.75) is 43.8 Å². The van der Waals surface area contributed by atoms with Crippen LogP contribution in [-0.2, 0) is 0 Å². The molecule has 0 aliphatic carbocycles. The zero-order valence-corrected chi connectivity index (χ0v) is 20.1. The molecular formula is C24H23F5N8O. The first-order valence-corrected chi connectivity index (χ1v) is 11.8. The van der Waals surface area contributed by atoms with E-state index < -0.39 is 36.2 Å². The van der Waals surface area contributed by atoms with Crippen molar-refractivity contribution in [2.75, 3.05) is 18.8 Å². The average molecular weight is 534 g/mol. The molecule has 200 valence electrons. The number of aromatic nitrogens is 5. The Morgan fingerprint density at radius 3 is 2.61 bits per heavy atom. The molecular weight excluding hydrogens is 511 g/mol. The number of nitrogens with two attached hydrogens (primary N) is 2. The van der Waals surface area contributed by atoms with Crippen LogP contribution in [-0.4, -0.2) is 60.7 Å². The first kappa shape index (κ1) is 25.7. The van der Waals surface area contributed by atoms with Crippen molar-refractivity contribution in [3.63, 3.8) is 0 Å². The zero-order valence-electron chi connectivity index (χ0n) is 20.1. The molecule has 4 aromatic rings. The number of carbonyl (C=O) groups excluding carboxylic acids is 1. The van der Waals surface area contributed by atoms with Gasteiger partial charge >= 0.3 is 6.18 Å². The molecule has 0 saturated carbocycles. The molecule has 0 bridgehead atoms. The van der Waals surface area contributed by atoms with Crippen molar-refractivity contribution in [3.8, 4) is 0 Å². The monoisotopic (exact) mass is 534 g/mol. The van der Waals surface area contributed by atoms with Crippen LogP contribution in [0.15, 0.2) is 30.5 Å². The van der Waals surface area contributed by atoms with Gasteiger partial charge in [0.1, 0.15) is 17.0 Å². The smallest absolute Gasteiger partial charge is 0.368 e. The number of anilines is 1. The number of carbonyl (C=O) groups is 1. The second kappa shape index (κ2) is 9.42. The van der Waals surface area contributed by atoms with Crippen LogP contribution in [0.25, 0.3) is 16.6 Å². The van der Waals surface area contributed by atoms with Crippen LogP contribution in [0.4, 0.5) is 27.9 Å². The van der Waals surface area contributed by atoms with E-state index in [9.17, 15) is 26.7 Å². The van der Waals surface area contributed by atoms with Crippen molar-refractivity contribution in [1.29, 1.82) is 0 Å². The van der Waals surface area contributed by atoms with E-state index in [4.69, 9.17) is 11.5 Å². The fraction of sp³-hybridized carbons (Fsp3) is 0.375. The van der Waals surface area contributed by atoms with E-state index >= 15 is 0 Å². The van der Waals surface area contributed by atoms with E-state index in [-0.39, 0.29) is 52.3 Å². The minimum atomic E-state index is -4.53. The number of hydrogen-bond acceptors (Lipinski definition) is 7. The van der Waals surface area contributed by atoms with E-state index in [0.717, 1.165) is 12.3 Å². The molecule has 38 heavy (non-hydrogen) atoms. The van der Waals surface area contributed by atoms with E-state index in [0.29, 0.717) is 24.7 Å². The number of fused-ring (bicyclic) bond motifs is 3. The highest BCUT2D eigenvalue weighted by Gasteiger charge is 2.40. The molecule has 1 fully saturated rings. The van der Waals surface area contributed by atoms with Crippen LogP contribution in [0, 0.1) is 11.6 Å². The Bertz CT molecular complexity index is 1520. The molecule has 0 unspecified atom stereocenters. The van der Waals surface area contributed by atoms with Gasteiger partial charge in [-0.05, 0) is 37.5 Å². The van der Waals surface area contributed by atoms with Gasteiger partial charge in [0.05, 0.1) is 11.3 Å². The van der Waals surface area contributed by atoms with Crippen molar-refractivity contribution in [2.24, 2.45) is 5.73 Å². The summed E-state index contributed by atoms with van der Waals surface area (Å²) in [4.78, 5) is 27.3. The minimum absolute atomic E-state index is 0.00690. The topological polar surface area (TPSA) is 128 Å². The molecule has 4 heterocycles. The first-order valence-electron chi connectivity index (χ1n) is 11.8. The third-order valence-electron chi connectivity index (χ3n) is 6.88. The predicted octanol–water partition coefficient (Wildman–Crippen LogP) is 3.55. The van der Waals surface area contributed by atoms with Crippen LogP contribution in [0.5, 0.6) is 0 Å².